The van der Waals surface area contributed by atoms with Gasteiger partial charge in [-0.2, -0.15) is 0 Å². The van der Waals surface area contributed by atoms with Crippen molar-refractivity contribution in [3.63, 3.8) is 0 Å². The zero-order valence-corrected chi connectivity index (χ0v) is 19.8. The van der Waals surface area contributed by atoms with Crippen molar-refractivity contribution in [2.24, 2.45) is 0 Å². The Balaban J connectivity index is 2.07. The number of fused-ring (bicyclic) bond motifs is 1. The molecule has 0 saturated heterocycles. The highest BCUT2D eigenvalue weighted by atomic mass is 79.9. The minimum absolute atomic E-state index is 0.0430. The van der Waals surface area contributed by atoms with Crippen molar-refractivity contribution < 1.29 is 4.79 Å². The number of aromatic nitrogens is 1. The van der Waals surface area contributed by atoms with Gasteiger partial charge in [-0.25, -0.2) is 0 Å². The van der Waals surface area contributed by atoms with Gasteiger partial charge in [-0.05, 0) is 53.1 Å². The largest absolute Gasteiger partial charge is 0.300 e. The molecule has 1 heterocycles. The van der Waals surface area contributed by atoms with Gasteiger partial charge in [0.15, 0.2) is 5.78 Å². The molecule has 0 atom stereocenters. The number of benzene rings is 3. The third-order valence-corrected chi connectivity index (χ3v) is 6.62. The number of halogens is 1. The molecule has 0 N–H and O–H groups in total. The predicted octanol–water partition coefficient (Wildman–Crippen LogP) is 6.79. The monoisotopic (exact) mass is 491 g/mol. The molecular weight excluding hydrogens is 470 g/mol. The summed E-state index contributed by atoms with van der Waals surface area (Å²) in [7, 11) is 0. The first-order chi connectivity index (χ1) is 15.0. The van der Waals surface area contributed by atoms with E-state index >= 15 is 0 Å². The number of rotatable bonds is 6. The molecule has 0 aliphatic heterocycles. The van der Waals surface area contributed by atoms with Gasteiger partial charge >= 0.3 is 0 Å². The second kappa shape index (κ2) is 9.25. The van der Waals surface area contributed by atoms with Crippen LogP contribution in [0.3, 0.4) is 0 Å². The summed E-state index contributed by atoms with van der Waals surface area (Å²) in [5.41, 5.74) is 3.05. The molecule has 0 fully saturated rings. The molecule has 5 heteroatoms. The van der Waals surface area contributed by atoms with E-state index in [0.717, 1.165) is 31.4 Å². The van der Waals surface area contributed by atoms with Crippen LogP contribution in [-0.2, 0) is 6.54 Å². The SMILES string of the molecule is CCC(=O)c1c(-c2ccccc2)c2cc(Br)ccc2c(=O)n1Cc1ccc(SC)cc1. The number of thioether (sulfide) groups is 1. The summed E-state index contributed by atoms with van der Waals surface area (Å²) in [6.07, 6.45) is 2.36. The summed E-state index contributed by atoms with van der Waals surface area (Å²) in [5, 5.41) is 1.40. The molecule has 0 amide bonds. The number of nitrogens with zero attached hydrogens (tertiary/aromatic N) is 1. The van der Waals surface area contributed by atoms with E-state index in [1.807, 2.05) is 86.0 Å². The van der Waals surface area contributed by atoms with Crippen molar-refractivity contribution in [3.8, 4) is 11.1 Å². The summed E-state index contributed by atoms with van der Waals surface area (Å²) in [4.78, 5) is 28.0. The minimum atomic E-state index is -0.145. The lowest BCUT2D eigenvalue weighted by Crippen LogP contribution is -2.28. The van der Waals surface area contributed by atoms with Gasteiger partial charge in [-0.15, -0.1) is 11.8 Å². The molecule has 0 spiro atoms. The Bertz CT molecular complexity index is 1310. The van der Waals surface area contributed by atoms with E-state index in [9.17, 15) is 9.59 Å². The van der Waals surface area contributed by atoms with E-state index in [-0.39, 0.29) is 11.3 Å². The highest BCUT2D eigenvalue weighted by molar-refractivity contribution is 9.10. The Labute approximate surface area is 194 Å². The zero-order chi connectivity index (χ0) is 22.0. The quantitative estimate of drug-likeness (QED) is 0.220. The van der Waals surface area contributed by atoms with E-state index in [4.69, 9.17) is 0 Å². The maximum absolute atomic E-state index is 13.6. The van der Waals surface area contributed by atoms with Gasteiger partial charge in [0.2, 0.25) is 0 Å². The molecule has 0 aliphatic rings. The summed E-state index contributed by atoms with van der Waals surface area (Å²) in [6.45, 7) is 2.19. The molecule has 3 aromatic carbocycles. The summed E-state index contributed by atoms with van der Waals surface area (Å²) >= 11 is 5.21. The van der Waals surface area contributed by atoms with Crippen molar-refractivity contribution in [1.82, 2.24) is 4.57 Å². The lowest BCUT2D eigenvalue weighted by molar-refractivity contribution is 0.0979. The lowest BCUT2D eigenvalue weighted by Gasteiger charge is -2.19. The fourth-order valence-corrected chi connectivity index (χ4v) is 4.61. The lowest BCUT2D eigenvalue weighted by atomic mass is 9.94. The molecular formula is C26H22BrNO2S. The van der Waals surface area contributed by atoms with E-state index in [0.29, 0.717) is 24.0 Å². The highest BCUT2D eigenvalue weighted by Crippen LogP contribution is 2.33. The summed E-state index contributed by atoms with van der Waals surface area (Å²) in [5.74, 6) is -0.0430. The molecule has 0 radical (unpaired) electrons. The first-order valence-electron chi connectivity index (χ1n) is 10.1. The van der Waals surface area contributed by atoms with Crippen LogP contribution in [0.2, 0.25) is 0 Å². The van der Waals surface area contributed by atoms with E-state index in [2.05, 4.69) is 15.9 Å². The zero-order valence-electron chi connectivity index (χ0n) is 17.4. The normalized spacial score (nSPS) is 11.1. The standard InChI is InChI=1S/C26H22BrNO2S/c1-3-23(29)25-24(18-7-5-4-6-8-18)22-15-19(27)11-14-21(22)26(30)28(25)16-17-9-12-20(31-2)13-10-17/h4-15H,3,16H2,1-2H3. The molecule has 0 saturated carbocycles. The first-order valence-corrected chi connectivity index (χ1v) is 12.1. The number of hydrogen-bond donors (Lipinski definition) is 0. The van der Waals surface area contributed by atoms with Crippen molar-refractivity contribution in [1.29, 1.82) is 0 Å². The van der Waals surface area contributed by atoms with Crippen LogP contribution in [0.25, 0.3) is 21.9 Å². The minimum Gasteiger partial charge on any atom is -0.300 e. The van der Waals surface area contributed by atoms with E-state index in [1.54, 1.807) is 16.3 Å². The Morgan fingerprint density at radius 1 is 0.968 bits per heavy atom. The van der Waals surface area contributed by atoms with Crippen LogP contribution in [0.15, 0.2) is 87.0 Å². The van der Waals surface area contributed by atoms with Gasteiger partial charge in [-0.1, -0.05) is 65.3 Å². The fourth-order valence-electron chi connectivity index (χ4n) is 3.84. The number of ketones is 1. The van der Waals surface area contributed by atoms with Crippen molar-refractivity contribution in [2.45, 2.75) is 24.8 Å². The number of hydrogen-bond acceptors (Lipinski definition) is 3. The second-order valence-electron chi connectivity index (χ2n) is 7.30. The Morgan fingerprint density at radius 3 is 2.32 bits per heavy atom. The van der Waals surface area contributed by atoms with Crippen LogP contribution in [0, 0.1) is 0 Å². The van der Waals surface area contributed by atoms with Crippen LogP contribution in [-0.4, -0.2) is 16.6 Å². The van der Waals surface area contributed by atoms with Crippen molar-refractivity contribution >= 4 is 44.2 Å². The average molecular weight is 492 g/mol. The summed E-state index contributed by atoms with van der Waals surface area (Å²) < 4.78 is 2.52. The van der Waals surface area contributed by atoms with Gasteiger partial charge in [-0.3, -0.25) is 14.2 Å². The molecule has 4 rings (SSSR count). The van der Waals surface area contributed by atoms with Gasteiger partial charge in [0.1, 0.15) is 0 Å². The van der Waals surface area contributed by atoms with Gasteiger partial charge in [0.25, 0.3) is 5.56 Å². The van der Waals surface area contributed by atoms with Crippen LogP contribution < -0.4 is 5.56 Å². The molecule has 0 bridgehead atoms. The smallest absolute Gasteiger partial charge is 0.259 e. The molecule has 4 aromatic rings. The molecule has 0 aliphatic carbocycles. The van der Waals surface area contributed by atoms with Crippen molar-refractivity contribution in [2.75, 3.05) is 6.26 Å². The van der Waals surface area contributed by atoms with Crippen LogP contribution in [0.1, 0.15) is 29.4 Å². The maximum Gasteiger partial charge on any atom is 0.259 e. The van der Waals surface area contributed by atoms with Crippen LogP contribution in [0.5, 0.6) is 0 Å². The summed E-state index contributed by atoms with van der Waals surface area (Å²) in [6, 6.07) is 23.6. The number of Topliss-reactive ketones (excluding diaryl/α,β-unsaturated/α-hetero) is 1. The highest BCUT2D eigenvalue weighted by Gasteiger charge is 2.22. The second-order valence-corrected chi connectivity index (χ2v) is 9.09. The average Bonchev–Trinajstić information content (AvgIpc) is 2.81. The fraction of sp³-hybridized carbons (Fsp3) is 0.154. The topological polar surface area (TPSA) is 39.1 Å². The van der Waals surface area contributed by atoms with Crippen LogP contribution in [0.4, 0.5) is 0 Å². The van der Waals surface area contributed by atoms with Gasteiger partial charge in [0.05, 0.1) is 12.2 Å². The van der Waals surface area contributed by atoms with Crippen molar-refractivity contribution in [3.05, 3.63) is 98.9 Å². The number of carbonyl (C=O) groups is 1. The van der Waals surface area contributed by atoms with Gasteiger partial charge in [0, 0.05) is 26.7 Å². The predicted molar refractivity (Wildman–Crippen MR) is 133 cm³/mol. The molecule has 3 nitrogen and oxygen atoms in total. The first kappa shape index (κ1) is 21.6. The molecule has 31 heavy (non-hydrogen) atoms. The maximum atomic E-state index is 13.6. The van der Waals surface area contributed by atoms with E-state index in [1.165, 1.54) is 0 Å². The Morgan fingerprint density at radius 2 is 1.68 bits per heavy atom. The van der Waals surface area contributed by atoms with Crippen LogP contribution >= 0.6 is 27.7 Å². The Hall–Kier alpha value is -2.63. The van der Waals surface area contributed by atoms with Gasteiger partial charge < -0.3 is 0 Å². The molecule has 156 valence electrons. The van der Waals surface area contributed by atoms with E-state index < -0.39 is 0 Å². The molecule has 0 unspecified atom stereocenters. The number of carbonyl (C=O) groups excluding carboxylic acids is 1. The molecule has 1 aromatic heterocycles. The third kappa shape index (κ3) is 4.25. The third-order valence-electron chi connectivity index (χ3n) is 5.38. The number of pyridine rings is 1. The Kier molecular flexibility index (Phi) is 6.44.